The number of piperazine rings is 4. The molecule has 0 radical (unpaired) electrons. The summed E-state index contributed by atoms with van der Waals surface area (Å²) in [5.41, 5.74) is 4.41. The molecule has 5 N–H and O–H groups in total. The number of esters is 3. The highest BCUT2D eigenvalue weighted by Gasteiger charge is 2.30. The highest BCUT2D eigenvalue weighted by Crippen LogP contribution is 2.21. The lowest BCUT2D eigenvalue weighted by Crippen LogP contribution is -2.49. The van der Waals surface area contributed by atoms with Gasteiger partial charge in [0.15, 0.2) is 0 Å². The Bertz CT molecular complexity index is 3740. The fourth-order valence-corrected chi connectivity index (χ4v) is 11.8. The molecule has 0 atom stereocenters. The highest BCUT2D eigenvalue weighted by atomic mass is 16.6. The number of ether oxygens (including phenoxy) is 5. The second-order valence-corrected chi connectivity index (χ2v) is 32.4. The number of rotatable bonds is 27. The highest BCUT2D eigenvalue weighted by molar-refractivity contribution is 5.96. The molecule has 4 aromatic carbocycles. The van der Waals surface area contributed by atoms with Crippen LogP contribution in [0.3, 0.4) is 0 Å². The van der Waals surface area contributed by atoms with Crippen molar-refractivity contribution in [2.75, 3.05) is 185 Å². The van der Waals surface area contributed by atoms with E-state index in [1.807, 2.05) is 188 Å². The molecule has 0 bridgehead atoms. The quantitative estimate of drug-likeness (QED) is 0.0370. The van der Waals surface area contributed by atoms with Gasteiger partial charge < -0.3 is 69.7 Å². The minimum atomic E-state index is -0.627. The molecule has 4 aromatic rings. The van der Waals surface area contributed by atoms with E-state index in [4.69, 9.17) is 28.8 Å². The number of hydrogen-bond donors (Lipinski definition) is 5. The van der Waals surface area contributed by atoms with E-state index in [9.17, 15) is 52.7 Å². The van der Waals surface area contributed by atoms with E-state index in [0.717, 1.165) is 87.8 Å². The predicted octanol–water partition coefficient (Wildman–Crippen LogP) is 5.36. The Morgan fingerprint density at radius 2 is 0.575 bits per heavy atom. The number of aliphatic hydroxyl groups is 1. The molecular formula is C84H126N12O17. The first-order valence-electron chi connectivity index (χ1n) is 39.0. The molecule has 624 valence electrons. The van der Waals surface area contributed by atoms with E-state index in [2.05, 4.69) is 40.9 Å². The Labute approximate surface area is 668 Å². The van der Waals surface area contributed by atoms with Gasteiger partial charge in [-0.15, -0.1) is 0 Å². The smallest absolute Gasteiger partial charge is 0.332 e. The predicted molar refractivity (Wildman–Crippen MR) is 430 cm³/mol. The van der Waals surface area contributed by atoms with Crippen molar-refractivity contribution < 1.29 is 81.5 Å². The number of aliphatic hydroxyl groups excluding tert-OH is 1. The number of carbonyl (C=O) groups is 11. The summed E-state index contributed by atoms with van der Waals surface area (Å²) in [4.78, 5) is 149. The Morgan fingerprint density at radius 3 is 0.796 bits per heavy atom. The van der Waals surface area contributed by atoms with E-state index in [1.165, 1.54) is 14.0 Å². The van der Waals surface area contributed by atoms with Gasteiger partial charge in [-0.2, -0.15) is 0 Å². The van der Waals surface area contributed by atoms with Crippen LogP contribution in [0.15, 0.2) is 97.1 Å². The van der Waals surface area contributed by atoms with Crippen LogP contribution >= 0.6 is 0 Å². The summed E-state index contributed by atoms with van der Waals surface area (Å²) in [5, 5.41) is 20.3. The molecule has 0 saturated carbocycles. The number of hydrogen-bond acceptors (Lipinski definition) is 21. The van der Waals surface area contributed by atoms with E-state index in [0.29, 0.717) is 134 Å². The Balaban J connectivity index is 0.000000270. The number of nitrogens with one attached hydrogen (secondary N) is 4. The van der Waals surface area contributed by atoms with Crippen molar-refractivity contribution in [1.82, 2.24) is 60.5 Å². The van der Waals surface area contributed by atoms with Crippen molar-refractivity contribution in [2.24, 2.45) is 21.7 Å². The van der Waals surface area contributed by atoms with Gasteiger partial charge in [0, 0.05) is 222 Å². The largest absolute Gasteiger partial charge is 0.465 e. The zero-order valence-electron chi connectivity index (χ0n) is 69.5. The Morgan fingerprint density at radius 1 is 0.336 bits per heavy atom. The van der Waals surface area contributed by atoms with E-state index >= 15 is 0 Å². The van der Waals surface area contributed by atoms with Crippen molar-refractivity contribution in [1.29, 1.82) is 0 Å². The van der Waals surface area contributed by atoms with Crippen molar-refractivity contribution in [3.8, 4) is 0 Å². The molecule has 29 nitrogen and oxygen atoms in total. The van der Waals surface area contributed by atoms with Gasteiger partial charge in [-0.25, -0.2) is 9.59 Å². The minimum absolute atomic E-state index is 0.00131. The number of nitrogens with zero attached hydrogens (tertiary/aromatic N) is 8. The molecule has 0 aromatic heterocycles. The lowest BCUT2D eigenvalue weighted by atomic mass is 9.95. The summed E-state index contributed by atoms with van der Waals surface area (Å²) in [6, 6.07) is 29.7. The number of carbonyl (C=O) groups excluding carboxylic acids is 11. The number of amides is 8. The molecule has 4 aliphatic heterocycles. The number of benzene rings is 4. The molecule has 8 amide bonds. The summed E-state index contributed by atoms with van der Waals surface area (Å²) in [6.07, 6.45) is 0. The van der Waals surface area contributed by atoms with Gasteiger partial charge in [-0.3, -0.25) is 62.8 Å². The third kappa shape index (κ3) is 34.6. The Hall–Kier alpha value is -9.23. The molecule has 113 heavy (non-hydrogen) atoms. The van der Waals surface area contributed by atoms with E-state index in [-0.39, 0.29) is 72.4 Å². The maximum Gasteiger partial charge on any atom is 0.332 e. The van der Waals surface area contributed by atoms with Crippen molar-refractivity contribution >= 4 is 65.2 Å². The summed E-state index contributed by atoms with van der Waals surface area (Å²) < 4.78 is 24.8. The summed E-state index contributed by atoms with van der Waals surface area (Å²) in [6.45, 7) is 40.6. The maximum atomic E-state index is 12.9. The van der Waals surface area contributed by atoms with Crippen LogP contribution in [0, 0.1) is 21.7 Å². The van der Waals surface area contributed by atoms with Crippen molar-refractivity contribution in [3.63, 3.8) is 0 Å². The third-order valence-electron chi connectivity index (χ3n) is 18.9. The summed E-state index contributed by atoms with van der Waals surface area (Å²) in [5.74, 6) is -1.32. The standard InChI is InChI=1S/C22H33N3O5.C21H31N3O5.C21H31N3O4.C20H31N3O3/c1-22(2,3)21(28)23-15-17-6-5-7-18(14-17)20(27)25-10-8-24(9-11-25)12-13-30-19(26)16-29-4;1-21(2,3)20(28)22-14-16-5-4-6-17(13-16)19(27)24-9-7-23(8-10-24)11-12-29-18(26)15-25;1-16(25)28-13-12-23-8-10-24(11-9-23)19(26)18-7-5-6-17(14-18)15-22-20(27)21(2,3)4;1-20(2,3)19(25)21-15-16-6-5-7-17(14-16)18(24)23-10-8-22(9-11-23)12-13-26-4/h5-7,14H,8-13,15-16H2,1-4H3,(H,23,28);4-6,13,25H,7-12,14-15H2,1-3H3,(H,22,28);5-7,14H,8-13,15H2,1-4H3,(H,22,27);5-7,14H,8-13,15H2,1-4H3,(H,21,25). The molecule has 8 rings (SSSR count). The monoisotopic (exact) mass is 1570 g/mol. The fourth-order valence-electron chi connectivity index (χ4n) is 11.8. The molecule has 0 aliphatic carbocycles. The molecule has 0 spiro atoms. The van der Waals surface area contributed by atoms with Gasteiger partial charge in [0.1, 0.15) is 33.0 Å². The van der Waals surface area contributed by atoms with Gasteiger partial charge in [0.25, 0.3) is 23.6 Å². The maximum absolute atomic E-state index is 12.9. The van der Waals surface area contributed by atoms with Gasteiger partial charge in [-0.1, -0.05) is 132 Å². The number of methoxy groups -OCH3 is 2. The SMILES string of the molecule is CC(=O)OCCN1CCN(C(=O)c2cccc(CNC(=O)C(C)(C)C)c2)CC1.CC(C)(C)C(=O)NCc1cccc(C(=O)N2CCN(CCOC(=O)CO)CC2)c1.COCC(=O)OCCN1CCN(C(=O)c2cccc(CNC(=O)C(C)(C)C)c2)CC1.COCCN1CCN(C(=O)c2cccc(CNC(=O)C(C)(C)C)c2)CC1. The van der Waals surface area contributed by atoms with E-state index in [1.54, 1.807) is 19.2 Å². The molecule has 29 heteroatoms. The van der Waals surface area contributed by atoms with Crippen LogP contribution in [0.2, 0.25) is 0 Å². The minimum Gasteiger partial charge on any atom is -0.465 e. The van der Waals surface area contributed by atoms with Crippen molar-refractivity contribution in [3.05, 3.63) is 142 Å². The first kappa shape index (κ1) is 94.4. The fraction of sp³-hybridized carbons (Fsp3) is 0.583. The normalized spacial score (nSPS) is 15.3. The second kappa shape index (κ2) is 46.8. The molecule has 0 unspecified atom stereocenters. The van der Waals surface area contributed by atoms with Crippen LogP contribution in [0.25, 0.3) is 0 Å². The van der Waals surface area contributed by atoms with Crippen LogP contribution in [-0.4, -0.2) is 294 Å². The lowest BCUT2D eigenvalue weighted by Gasteiger charge is -2.34. The molecule has 4 heterocycles. The zero-order chi connectivity index (χ0) is 83.5. The van der Waals surface area contributed by atoms with Crippen LogP contribution in [0.5, 0.6) is 0 Å². The van der Waals surface area contributed by atoms with Crippen molar-refractivity contribution in [2.45, 2.75) is 116 Å². The van der Waals surface area contributed by atoms with Gasteiger partial charge >= 0.3 is 17.9 Å². The average Bonchev–Trinajstić information content (AvgIpc) is 0.852. The van der Waals surface area contributed by atoms with Gasteiger partial charge in [-0.05, 0) is 70.8 Å². The zero-order valence-corrected chi connectivity index (χ0v) is 69.5. The lowest BCUT2D eigenvalue weighted by molar-refractivity contribution is -0.148. The summed E-state index contributed by atoms with van der Waals surface area (Å²) in [7, 11) is 3.16. The molecular weight excluding hydrogens is 1450 g/mol. The summed E-state index contributed by atoms with van der Waals surface area (Å²) >= 11 is 0. The first-order valence-corrected chi connectivity index (χ1v) is 39.0. The Kier molecular flexibility index (Phi) is 39.1. The average molecular weight is 1580 g/mol. The second-order valence-electron chi connectivity index (χ2n) is 32.4. The topological polar surface area (TPSA) is 328 Å². The van der Waals surface area contributed by atoms with Crippen LogP contribution in [0.1, 0.15) is 154 Å². The van der Waals surface area contributed by atoms with Gasteiger partial charge in [0.05, 0.1) is 6.61 Å². The van der Waals surface area contributed by atoms with E-state index < -0.39 is 34.2 Å². The van der Waals surface area contributed by atoms with Crippen LogP contribution in [0.4, 0.5) is 0 Å². The molecule has 4 fully saturated rings. The molecule has 4 saturated heterocycles. The third-order valence-corrected chi connectivity index (χ3v) is 18.9. The van der Waals surface area contributed by atoms with Crippen LogP contribution in [-0.2, 0) is 83.4 Å². The molecule has 4 aliphatic rings. The van der Waals surface area contributed by atoms with Crippen LogP contribution < -0.4 is 21.3 Å². The van der Waals surface area contributed by atoms with Gasteiger partial charge in [0.2, 0.25) is 23.6 Å². The first-order chi connectivity index (χ1) is 53.4.